The summed E-state index contributed by atoms with van der Waals surface area (Å²) >= 11 is 0. The molecule has 2 atom stereocenters. The van der Waals surface area contributed by atoms with Crippen LogP contribution in [0.25, 0.3) is 0 Å². The molecule has 6 nitrogen and oxygen atoms in total. The molecular weight excluding hydrogens is 256 g/mol. The van der Waals surface area contributed by atoms with Crippen molar-refractivity contribution in [1.82, 2.24) is 20.4 Å². The lowest BCUT2D eigenvalue weighted by Crippen LogP contribution is -2.43. The Morgan fingerprint density at radius 2 is 2.10 bits per heavy atom. The molecule has 0 unspecified atom stereocenters. The number of amides is 1. The van der Waals surface area contributed by atoms with Crippen LogP contribution in [0.5, 0.6) is 0 Å². The van der Waals surface area contributed by atoms with Gasteiger partial charge in [0.1, 0.15) is 5.69 Å². The van der Waals surface area contributed by atoms with Crippen LogP contribution in [-0.2, 0) is 0 Å². The molecule has 2 N–H and O–H groups in total. The molecular formula is C14H22N4O2. The van der Waals surface area contributed by atoms with Crippen LogP contribution in [0.15, 0.2) is 16.9 Å². The summed E-state index contributed by atoms with van der Waals surface area (Å²) < 4.78 is 0. The lowest BCUT2D eigenvalue weighted by atomic mass is 9.92. The van der Waals surface area contributed by atoms with Gasteiger partial charge in [-0.3, -0.25) is 9.59 Å². The van der Waals surface area contributed by atoms with Crippen LogP contribution in [0.2, 0.25) is 0 Å². The van der Waals surface area contributed by atoms with Gasteiger partial charge in [-0.05, 0) is 24.3 Å². The van der Waals surface area contributed by atoms with Gasteiger partial charge in [0.15, 0.2) is 0 Å². The van der Waals surface area contributed by atoms with Gasteiger partial charge in [-0.25, -0.2) is 5.10 Å². The van der Waals surface area contributed by atoms with Gasteiger partial charge in [-0.1, -0.05) is 13.8 Å². The smallest absolute Gasteiger partial charge is 0.271 e. The van der Waals surface area contributed by atoms with E-state index in [2.05, 4.69) is 34.3 Å². The SMILES string of the molecule is C[C@H]1C[C@H](C)CN(CCNC(=O)c2ccc(=O)[nH]n2)C1. The Kier molecular flexibility index (Phi) is 4.89. The number of carbonyl (C=O) groups excluding carboxylic acids is 1. The van der Waals surface area contributed by atoms with E-state index in [-0.39, 0.29) is 17.2 Å². The second-order valence-corrected chi connectivity index (χ2v) is 5.77. The van der Waals surface area contributed by atoms with Crippen molar-refractivity contribution in [3.8, 4) is 0 Å². The summed E-state index contributed by atoms with van der Waals surface area (Å²) in [5.74, 6) is 1.19. The molecule has 20 heavy (non-hydrogen) atoms. The summed E-state index contributed by atoms with van der Waals surface area (Å²) in [6.45, 7) is 8.17. The Morgan fingerprint density at radius 3 is 2.70 bits per heavy atom. The highest BCUT2D eigenvalue weighted by molar-refractivity contribution is 5.91. The third-order valence-electron chi connectivity index (χ3n) is 3.57. The number of carbonyl (C=O) groups is 1. The van der Waals surface area contributed by atoms with E-state index in [1.54, 1.807) is 0 Å². The van der Waals surface area contributed by atoms with Crippen molar-refractivity contribution in [3.63, 3.8) is 0 Å². The number of nitrogens with zero attached hydrogens (tertiary/aromatic N) is 2. The van der Waals surface area contributed by atoms with E-state index < -0.39 is 0 Å². The monoisotopic (exact) mass is 278 g/mol. The minimum atomic E-state index is -0.308. The molecule has 0 bridgehead atoms. The highest BCUT2D eigenvalue weighted by Gasteiger charge is 2.21. The normalized spacial score (nSPS) is 23.5. The van der Waals surface area contributed by atoms with Crippen LogP contribution in [0.4, 0.5) is 0 Å². The summed E-state index contributed by atoms with van der Waals surface area (Å²) in [5, 5.41) is 8.79. The largest absolute Gasteiger partial charge is 0.349 e. The number of hydrogen-bond acceptors (Lipinski definition) is 4. The van der Waals surface area contributed by atoms with Crippen molar-refractivity contribution < 1.29 is 4.79 Å². The Bertz CT molecular complexity index is 484. The molecule has 2 heterocycles. The molecule has 1 amide bonds. The van der Waals surface area contributed by atoms with E-state index in [1.165, 1.54) is 18.6 Å². The number of hydrogen-bond donors (Lipinski definition) is 2. The average Bonchev–Trinajstić information content (AvgIpc) is 2.38. The minimum Gasteiger partial charge on any atom is -0.349 e. The first-order valence-corrected chi connectivity index (χ1v) is 7.11. The van der Waals surface area contributed by atoms with Gasteiger partial charge in [0, 0.05) is 32.2 Å². The summed E-state index contributed by atoms with van der Waals surface area (Å²) in [6, 6.07) is 2.73. The topological polar surface area (TPSA) is 78.1 Å². The average molecular weight is 278 g/mol. The molecule has 1 aromatic rings. The first-order chi connectivity index (χ1) is 9.54. The lowest BCUT2D eigenvalue weighted by Gasteiger charge is -2.34. The van der Waals surface area contributed by atoms with Crippen LogP contribution in [0, 0.1) is 11.8 Å². The van der Waals surface area contributed by atoms with Crippen LogP contribution in [-0.4, -0.2) is 47.2 Å². The van der Waals surface area contributed by atoms with E-state index in [4.69, 9.17) is 0 Å². The van der Waals surface area contributed by atoms with Crippen LogP contribution in [0.3, 0.4) is 0 Å². The number of H-pyrrole nitrogens is 1. The third kappa shape index (κ3) is 4.16. The van der Waals surface area contributed by atoms with Crippen LogP contribution < -0.4 is 10.9 Å². The van der Waals surface area contributed by atoms with E-state index in [0.29, 0.717) is 6.54 Å². The summed E-state index contributed by atoms with van der Waals surface area (Å²) in [5.41, 5.74) is -0.0668. The molecule has 0 saturated carbocycles. The first-order valence-electron chi connectivity index (χ1n) is 7.11. The first kappa shape index (κ1) is 14.7. The van der Waals surface area contributed by atoms with E-state index in [9.17, 15) is 9.59 Å². The number of aromatic amines is 1. The predicted octanol–water partition coefficient (Wildman–Crippen LogP) is 0.478. The zero-order valence-corrected chi connectivity index (χ0v) is 12.1. The molecule has 6 heteroatoms. The predicted molar refractivity (Wildman–Crippen MR) is 76.6 cm³/mol. The van der Waals surface area contributed by atoms with Crippen molar-refractivity contribution >= 4 is 5.91 Å². The van der Waals surface area contributed by atoms with Gasteiger partial charge >= 0.3 is 0 Å². The van der Waals surface area contributed by atoms with Crippen molar-refractivity contribution in [3.05, 3.63) is 28.2 Å². The van der Waals surface area contributed by atoms with Gasteiger partial charge < -0.3 is 10.2 Å². The number of likely N-dealkylation sites (tertiary alicyclic amines) is 1. The molecule has 1 aliphatic heterocycles. The summed E-state index contributed by atoms with van der Waals surface area (Å²) in [4.78, 5) is 25.1. The molecule has 0 spiro atoms. The van der Waals surface area contributed by atoms with Crippen LogP contribution >= 0.6 is 0 Å². The maximum absolute atomic E-state index is 11.8. The van der Waals surface area contributed by atoms with E-state index in [1.807, 2.05) is 0 Å². The van der Waals surface area contributed by atoms with Crippen molar-refractivity contribution in [1.29, 1.82) is 0 Å². The molecule has 1 aliphatic rings. The summed E-state index contributed by atoms with van der Waals surface area (Å²) in [6.07, 6.45) is 1.28. The molecule has 0 aliphatic carbocycles. The standard InChI is InChI=1S/C14H22N4O2/c1-10-7-11(2)9-18(8-10)6-5-15-14(20)12-3-4-13(19)17-16-12/h3-4,10-11H,5-9H2,1-2H3,(H,15,20)(H,17,19)/t10-,11-/m0/s1. The molecule has 1 saturated heterocycles. The number of piperidine rings is 1. The molecule has 110 valence electrons. The Hall–Kier alpha value is -1.69. The summed E-state index contributed by atoms with van der Waals surface area (Å²) in [7, 11) is 0. The quantitative estimate of drug-likeness (QED) is 0.839. The Labute approximate surface area is 118 Å². The second kappa shape index (κ2) is 6.65. The van der Waals surface area contributed by atoms with Crippen molar-refractivity contribution in [2.75, 3.05) is 26.2 Å². The van der Waals surface area contributed by atoms with Crippen molar-refractivity contribution in [2.45, 2.75) is 20.3 Å². The second-order valence-electron chi connectivity index (χ2n) is 5.77. The highest BCUT2D eigenvalue weighted by Crippen LogP contribution is 2.20. The molecule has 2 rings (SSSR count). The fourth-order valence-corrected chi connectivity index (χ4v) is 2.86. The minimum absolute atomic E-state index is 0.241. The van der Waals surface area contributed by atoms with Crippen molar-refractivity contribution in [2.24, 2.45) is 11.8 Å². The lowest BCUT2D eigenvalue weighted by molar-refractivity contribution is 0.0930. The fourth-order valence-electron chi connectivity index (χ4n) is 2.86. The molecule has 1 aromatic heterocycles. The maximum atomic E-state index is 11.8. The van der Waals surface area contributed by atoms with Gasteiger partial charge in [-0.2, -0.15) is 5.10 Å². The van der Waals surface area contributed by atoms with Gasteiger partial charge in [0.2, 0.25) is 0 Å². The maximum Gasteiger partial charge on any atom is 0.271 e. The third-order valence-corrected chi connectivity index (χ3v) is 3.57. The molecule has 1 fully saturated rings. The highest BCUT2D eigenvalue weighted by atomic mass is 16.2. The zero-order valence-electron chi connectivity index (χ0n) is 12.1. The number of rotatable bonds is 4. The molecule has 0 aromatic carbocycles. The van der Waals surface area contributed by atoms with Gasteiger partial charge in [-0.15, -0.1) is 0 Å². The van der Waals surface area contributed by atoms with Crippen LogP contribution in [0.1, 0.15) is 30.8 Å². The zero-order chi connectivity index (χ0) is 14.5. The number of aromatic nitrogens is 2. The molecule has 0 radical (unpaired) electrons. The van der Waals surface area contributed by atoms with Gasteiger partial charge in [0.25, 0.3) is 11.5 Å². The number of nitrogens with one attached hydrogen (secondary N) is 2. The Morgan fingerprint density at radius 1 is 1.40 bits per heavy atom. The Balaban J connectivity index is 1.76. The van der Waals surface area contributed by atoms with E-state index in [0.717, 1.165) is 31.5 Å². The van der Waals surface area contributed by atoms with E-state index >= 15 is 0 Å². The fraction of sp³-hybridized carbons (Fsp3) is 0.643. The van der Waals surface area contributed by atoms with Gasteiger partial charge in [0.05, 0.1) is 0 Å².